The maximum absolute atomic E-state index is 13.1. The van der Waals surface area contributed by atoms with Crippen LogP contribution in [0.1, 0.15) is 26.2 Å². The Bertz CT molecular complexity index is 769. The van der Waals surface area contributed by atoms with Crippen LogP contribution in [0.4, 0.5) is 10.1 Å². The third-order valence-corrected chi connectivity index (χ3v) is 5.35. The van der Waals surface area contributed by atoms with E-state index in [1.807, 2.05) is 0 Å². The summed E-state index contributed by atoms with van der Waals surface area (Å²) in [5.74, 6) is -1.34. The summed E-state index contributed by atoms with van der Waals surface area (Å²) in [6.45, 7) is 1.75. The molecule has 1 atom stereocenters. The zero-order valence-corrected chi connectivity index (χ0v) is 14.0. The molecule has 0 bridgehead atoms. The number of ether oxygens (including phenoxy) is 1. The molecule has 1 aromatic carbocycles. The molecular weight excluding hydrogens is 345 g/mol. The molecule has 23 heavy (non-hydrogen) atoms. The summed E-state index contributed by atoms with van der Waals surface area (Å²) < 4.78 is 51.8. The number of nitrogens with one attached hydrogen (secondary N) is 1. The lowest BCUT2D eigenvalue weighted by atomic mass is 9.99. The van der Waals surface area contributed by atoms with Crippen LogP contribution >= 0.6 is 11.6 Å². The maximum atomic E-state index is 13.1. The van der Waals surface area contributed by atoms with Gasteiger partial charge in [0.25, 0.3) is 0 Å². The van der Waals surface area contributed by atoms with E-state index in [9.17, 15) is 17.6 Å². The van der Waals surface area contributed by atoms with Crippen molar-refractivity contribution in [3.05, 3.63) is 40.7 Å². The number of hydrogen-bond acceptors (Lipinski definition) is 4. The molecule has 0 amide bonds. The maximum Gasteiger partial charge on any atom is 0.335 e. The molecule has 0 heterocycles. The Hall–Kier alpha value is -1.60. The smallest absolute Gasteiger partial charge is 0.335 e. The SMILES string of the molecule is [2H]N(c1ccc(F)cc1Cl)S(=O)(=O)C1CCCC=C1C(=O)OCC. The molecular formula is C15H17ClFNO4S. The van der Waals surface area contributed by atoms with E-state index in [0.717, 1.165) is 18.2 Å². The minimum absolute atomic E-state index is 0.0265. The first-order chi connectivity index (χ1) is 11.3. The second kappa shape index (κ2) is 7.31. The van der Waals surface area contributed by atoms with Crippen LogP contribution < -0.4 is 4.72 Å². The minimum atomic E-state index is -4.24. The van der Waals surface area contributed by atoms with E-state index in [0.29, 0.717) is 12.8 Å². The van der Waals surface area contributed by atoms with Crippen molar-refractivity contribution in [2.24, 2.45) is 0 Å². The van der Waals surface area contributed by atoms with Gasteiger partial charge in [-0.2, -0.15) is 0 Å². The lowest BCUT2D eigenvalue weighted by Gasteiger charge is -2.24. The number of benzene rings is 1. The van der Waals surface area contributed by atoms with Crippen molar-refractivity contribution in [1.82, 2.24) is 0 Å². The molecule has 1 unspecified atom stereocenters. The first-order valence-electron chi connectivity index (χ1n) is 7.59. The number of carbonyl (C=O) groups is 1. The topological polar surface area (TPSA) is 72.5 Å². The molecule has 0 saturated heterocycles. The molecule has 1 aliphatic carbocycles. The Morgan fingerprint density at radius 3 is 2.96 bits per heavy atom. The van der Waals surface area contributed by atoms with Gasteiger partial charge >= 0.3 is 5.97 Å². The summed E-state index contributed by atoms with van der Waals surface area (Å²) in [6.07, 6.45) is 2.86. The molecule has 0 radical (unpaired) electrons. The highest BCUT2D eigenvalue weighted by molar-refractivity contribution is 7.93. The van der Waals surface area contributed by atoms with Crippen LogP contribution in [0.2, 0.25) is 6.43 Å². The molecule has 1 aromatic rings. The summed E-state index contributed by atoms with van der Waals surface area (Å²) in [5.41, 5.74) is -0.148. The van der Waals surface area contributed by atoms with Gasteiger partial charge in [0.05, 0.1) is 22.9 Å². The van der Waals surface area contributed by atoms with Gasteiger partial charge in [-0.25, -0.2) is 17.6 Å². The predicted octanol–water partition coefficient (Wildman–Crippen LogP) is 3.26. The zero-order valence-electron chi connectivity index (χ0n) is 13.5. The largest absolute Gasteiger partial charge is 0.463 e. The summed E-state index contributed by atoms with van der Waals surface area (Å²) in [6, 6.07) is 3.05. The van der Waals surface area contributed by atoms with Gasteiger partial charge in [0.1, 0.15) is 11.1 Å². The van der Waals surface area contributed by atoms with Crippen LogP contribution in [0.15, 0.2) is 29.8 Å². The number of hydrogen-bond donors (Lipinski definition) is 1. The fraction of sp³-hybridized carbons (Fsp3) is 0.400. The lowest BCUT2D eigenvalue weighted by Crippen LogP contribution is -2.34. The Kier molecular flexibility index (Phi) is 5.17. The molecule has 1 N–H and O–H groups in total. The van der Waals surface area contributed by atoms with Gasteiger partial charge in [0.15, 0.2) is 1.41 Å². The van der Waals surface area contributed by atoms with E-state index in [2.05, 4.69) is 0 Å². The van der Waals surface area contributed by atoms with Gasteiger partial charge in [-0.15, -0.1) is 0 Å². The Morgan fingerprint density at radius 1 is 1.57 bits per heavy atom. The number of esters is 1. The molecule has 0 aliphatic heterocycles. The molecule has 0 aromatic heterocycles. The quantitative estimate of drug-likeness (QED) is 0.816. The third-order valence-electron chi connectivity index (χ3n) is 3.39. The summed E-state index contributed by atoms with van der Waals surface area (Å²) in [5, 5.41) is -1.39. The number of carbonyl (C=O) groups excluding carboxylic acids is 1. The van der Waals surface area contributed by atoms with Crippen molar-refractivity contribution >= 4 is 33.3 Å². The second-order valence-corrected chi connectivity index (χ2v) is 7.19. The van der Waals surface area contributed by atoms with Gasteiger partial charge in [-0.1, -0.05) is 17.7 Å². The predicted molar refractivity (Wildman–Crippen MR) is 86.3 cm³/mol. The number of anilines is 1. The first kappa shape index (κ1) is 16.3. The van der Waals surface area contributed by atoms with Gasteiger partial charge < -0.3 is 4.74 Å². The summed E-state index contributed by atoms with van der Waals surface area (Å²) in [4.78, 5) is 12.0. The van der Waals surface area contributed by atoms with E-state index >= 15 is 0 Å². The number of allylic oxidation sites excluding steroid dienone is 1. The Labute approximate surface area is 141 Å². The molecule has 8 heteroatoms. The molecule has 2 rings (SSSR count). The number of sulfonamides is 1. The average molecular weight is 363 g/mol. The average Bonchev–Trinajstić information content (AvgIpc) is 2.54. The Morgan fingerprint density at radius 2 is 2.30 bits per heavy atom. The monoisotopic (exact) mass is 362 g/mol. The fourth-order valence-electron chi connectivity index (χ4n) is 2.34. The van der Waals surface area contributed by atoms with Gasteiger partial charge in [-0.3, -0.25) is 4.72 Å². The molecule has 1 aliphatic rings. The van der Waals surface area contributed by atoms with Crippen molar-refractivity contribution in [2.75, 3.05) is 11.3 Å². The van der Waals surface area contributed by atoms with E-state index in [-0.39, 0.29) is 34.0 Å². The van der Waals surface area contributed by atoms with Crippen molar-refractivity contribution < 1.29 is 23.8 Å². The molecule has 0 spiro atoms. The van der Waals surface area contributed by atoms with Crippen LogP contribution in [-0.4, -0.2) is 26.2 Å². The first-order valence-corrected chi connectivity index (χ1v) is 9.02. The van der Waals surface area contributed by atoms with Crippen molar-refractivity contribution in [3.8, 4) is 0 Å². The van der Waals surface area contributed by atoms with Crippen LogP contribution in [0.3, 0.4) is 0 Å². The molecule has 126 valence electrons. The van der Waals surface area contributed by atoms with E-state index in [1.54, 1.807) is 6.92 Å². The van der Waals surface area contributed by atoms with Crippen LogP contribution in [-0.2, 0) is 19.6 Å². The second-order valence-electron chi connectivity index (χ2n) is 5.00. The zero-order chi connectivity index (χ0) is 17.9. The molecule has 0 fully saturated rings. The highest BCUT2D eigenvalue weighted by Gasteiger charge is 2.35. The number of halogens is 2. The van der Waals surface area contributed by atoms with Gasteiger partial charge in [0.2, 0.25) is 10.0 Å². The van der Waals surface area contributed by atoms with Crippen LogP contribution in [0.5, 0.6) is 0 Å². The fourth-order valence-corrected chi connectivity index (χ4v) is 4.14. The lowest BCUT2D eigenvalue weighted by molar-refractivity contribution is -0.138. The van der Waals surface area contributed by atoms with Crippen molar-refractivity contribution in [3.63, 3.8) is 0 Å². The Balaban J connectivity index is 2.38. The molecule has 0 saturated carbocycles. The summed E-state index contributed by atoms with van der Waals surface area (Å²) in [7, 11) is -4.24. The van der Waals surface area contributed by atoms with E-state index < -0.39 is 27.1 Å². The van der Waals surface area contributed by atoms with E-state index in [1.165, 1.54) is 6.08 Å². The van der Waals surface area contributed by atoms with E-state index in [4.69, 9.17) is 17.7 Å². The van der Waals surface area contributed by atoms with Gasteiger partial charge in [0, 0.05) is 0 Å². The standard InChI is InChI=1S/C15H17ClFNO4S/c1-2-22-15(19)11-5-3-4-6-14(11)23(20,21)18-13-8-7-10(17)9-12(13)16/h5,7-9,14,18H,2-4,6H2,1H3/i/hD. The highest BCUT2D eigenvalue weighted by atomic mass is 35.5. The molecule has 5 nitrogen and oxygen atoms in total. The van der Waals surface area contributed by atoms with Crippen molar-refractivity contribution in [1.29, 1.82) is 0 Å². The van der Waals surface area contributed by atoms with Gasteiger partial charge in [-0.05, 0) is 44.4 Å². The third kappa shape index (κ3) is 4.23. The van der Waals surface area contributed by atoms with Crippen molar-refractivity contribution in [2.45, 2.75) is 31.4 Å². The number of rotatable bonds is 5. The van der Waals surface area contributed by atoms with Crippen LogP contribution in [0, 0.1) is 5.82 Å². The highest BCUT2D eigenvalue weighted by Crippen LogP contribution is 2.30. The summed E-state index contributed by atoms with van der Waals surface area (Å²) >= 11 is 5.85. The van der Waals surface area contributed by atoms with Crippen LogP contribution in [0.25, 0.3) is 0 Å². The minimum Gasteiger partial charge on any atom is -0.463 e. The normalized spacial score (nSPS) is 18.8.